The van der Waals surface area contributed by atoms with Gasteiger partial charge in [0.2, 0.25) is 5.91 Å². The summed E-state index contributed by atoms with van der Waals surface area (Å²) in [6, 6.07) is 12.6. The molecule has 1 heterocycles. The maximum atomic E-state index is 12.6. The van der Waals surface area contributed by atoms with Gasteiger partial charge in [-0.25, -0.2) is 0 Å². The summed E-state index contributed by atoms with van der Waals surface area (Å²) < 4.78 is 0. The normalized spacial score (nSPS) is 24.2. The van der Waals surface area contributed by atoms with Crippen molar-refractivity contribution in [3.63, 3.8) is 0 Å². The lowest BCUT2D eigenvalue weighted by Gasteiger charge is -2.20. The number of nitrogens with one attached hydrogen (secondary N) is 1. The molecule has 1 fully saturated rings. The van der Waals surface area contributed by atoms with Crippen molar-refractivity contribution in [2.75, 3.05) is 5.32 Å². The Morgan fingerprint density at radius 2 is 2.16 bits per heavy atom. The molecule has 0 bridgehead atoms. The van der Waals surface area contributed by atoms with Crippen LogP contribution in [0, 0.1) is 23.2 Å². The predicted molar refractivity (Wildman–Crippen MR) is 101 cm³/mol. The van der Waals surface area contributed by atoms with E-state index in [0.29, 0.717) is 17.4 Å². The zero-order valence-electron chi connectivity index (χ0n) is 14.4. The summed E-state index contributed by atoms with van der Waals surface area (Å²) in [5.41, 5.74) is 3.13. The van der Waals surface area contributed by atoms with E-state index < -0.39 is 0 Å². The number of nitrogens with zero attached hydrogens (tertiary/aromatic N) is 1. The van der Waals surface area contributed by atoms with E-state index in [9.17, 15) is 10.1 Å². The summed E-state index contributed by atoms with van der Waals surface area (Å²) in [6.45, 7) is 2.23. The molecule has 0 aliphatic heterocycles. The SMILES string of the molecule is CC[C@@H]1CCc2c(sc(NC(=O)[C@@H]3C[C@@H]3c3ccccc3)c2C#N)C1. The molecule has 1 aromatic carbocycles. The van der Waals surface area contributed by atoms with Gasteiger partial charge in [-0.2, -0.15) is 5.26 Å². The maximum absolute atomic E-state index is 12.6. The maximum Gasteiger partial charge on any atom is 0.228 e. The fraction of sp³-hybridized carbons (Fsp3) is 0.429. The first-order chi connectivity index (χ1) is 12.2. The third-order valence-electron chi connectivity index (χ3n) is 5.65. The predicted octanol–water partition coefficient (Wildman–Crippen LogP) is 4.88. The lowest BCUT2D eigenvalue weighted by Crippen LogP contribution is -2.14. The first-order valence-corrected chi connectivity index (χ1v) is 9.93. The highest BCUT2D eigenvalue weighted by Gasteiger charge is 2.44. The molecular formula is C21H22N2OS. The van der Waals surface area contributed by atoms with E-state index in [1.165, 1.54) is 22.4 Å². The minimum atomic E-state index is 0.0384. The number of nitriles is 1. The van der Waals surface area contributed by atoms with Crippen molar-refractivity contribution in [1.82, 2.24) is 0 Å². The summed E-state index contributed by atoms with van der Waals surface area (Å²) in [4.78, 5) is 14.0. The van der Waals surface area contributed by atoms with E-state index in [0.717, 1.165) is 30.7 Å². The molecule has 2 aliphatic rings. The number of benzene rings is 1. The third kappa shape index (κ3) is 3.09. The van der Waals surface area contributed by atoms with Crippen molar-refractivity contribution < 1.29 is 4.79 Å². The van der Waals surface area contributed by atoms with E-state index in [4.69, 9.17) is 0 Å². The molecule has 3 nitrogen and oxygen atoms in total. The molecule has 1 saturated carbocycles. The molecule has 0 unspecified atom stereocenters. The van der Waals surface area contributed by atoms with Gasteiger partial charge in [0.25, 0.3) is 0 Å². The molecule has 1 aromatic heterocycles. The Bertz CT molecular complexity index is 834. The highest BCUT2D eigenvalue weighted by atomic mass is 32.1. The quantitative estimate of drug-likeness (QED) is 0.854. The van der Waals surface area contributed by atoms with Crippen molar-refractivity contribution in [3.05, 3.63) is 51.9 Å². The Morgan fingerprint density at radius 1 is 1.36 bits per heavy atom. The molecule has 4 heteroatoms. The molecular weight excluding hydrogens is 328 g/mol. The highest BCUT2D eigenvalue weighted by molar-refractivity contribution is 7.16. The average Bonchev–Trinajstić information content (AvgIpc) is 3.38. The Hall–Kier alpha value is -2.12. The van der Waals surface area contributed by atoms with Gasteiger partial charge in [0, 0.05) is 10.8 Å². The molecule has 0 saturated heterocycles. The van der Waals surface area contributed by atoms with Crippen LogP contribution in [0.3, 0.4) is 0 Å². The number of hydrogen-bond donors (Lipinski definition) is 1. The van der Waals surface area contributed by atoms with Gasteiger partial charge >= 0.3 is 0 Å². The Balaban J connectivity index is 1.49. The fourth-order valence-electron chi connectivity index (χ4n) is 3.97. The smallest absolute Gasteiger partial charge is 0.228 e. The van der Waals surface area contributed by atoms with E-state index >= 15 is 0 Å². The van der Waals surface area contributed by atoms with Crippen molar-refractivity contribution >= 4 is 22.2 Å². The number of anilines is 1. The van der Waals surface area contributed by atoms with Crippen molar-refractivity contribution in [2.24, 2.45) is 11.8 Å². The van der Waals surface area contributed by atoms with E-state index in [2.05, 4.69) is 30.4 Å². The van der Waals surface area contributed by atoms with Crippen LogP contribution in [0.15, 0.2) is 30.3 Å². The second-order valence-electron chi connectivity index (χ2n) is 7.19. The van der Waals surface area contributed by atoms with Crippen LogP contribution >= 0.6 is 11.3 Å². The minimum Gasteiger partial charge on any atom is -0.316 e. The lowest BCUT2D eigenvalue weighted by atomic mass is 9.86. The van der Waals surface area contributed by atoms with Crippen LogP contribution in [0.25, 0.3) is 0 Å². The topological polar surface area (TPSA) is 52.9 Å². The minimum absolute atomic E-state index is 0.0384. The van der Waals surface area contributed by atoms with E-state index in [-0.39, 0.29) is 11.8 Å². The molecule has 3 atom stereocenters. The van der Waals surface area contributed by atoms with Crippen LogP contribution < -0.4 is 5.32 Å². The third-order valence-corrected chi connectivity index (χ3v) is 6.82. The van der Waals surface area contributed by atoms with Gasteiger partial charge in [-0.3, -0.25) is 4.79 Å². The van der Waals surface area contributed by atoms with Crippen LogP contribution in [0.4, 0.5) is 5.00 Å². The zero-order valence-corrected chi connectivity index (χ0v) is 15.2. The molecule has 1 amide bonds. The molecule has 128 valence electrons. The van der Waals surface area contributed by atoms with Gasteiger partial charge in [0.05, 0.1) is 5.56 Å². The van der Waals surface area contributed by atoms with Gasteiger partial charge in [-0.05, 0) is 48.6 Å². The number of fused-ring (bicyclic) bond motifs is 1. The number of thiophene rings is 1. The largest absolute Gasteiger partial charge is 0.316 e. The van der Waals surface area contributed by atoms with Gasteiger partial charge < -0.3 is 5.32 Å². The summed E-state index contributed by atoms with van der Waals surface area (Å²) in [6.07, 6.45) is 5.26. The first kappa shape index (κ1) is 16.4. The lowest BCUT2D eigenvalue weighted by molar-refractivity contribution is -0.117. The van der Waals surface area contributed by atoms with Crippen LogP contribution in [0.5, 0.6) is 0 Å². The second kappa shape index (κ2) is 6.65. The van der Waals surface area contributed by atoms with Crippen molar-refractivity contribution in [2.45, 2.75) is 44.9 Å². The van der Waals surface area contributed by atoms with E-state index in [1.54, 1.807) is 11.3 Å². The zero-order chi connectivity index (χ0) is 17.4. The van der Waals surface area contributed by atoms with Crippen molar-refractivity contribution in [3.8, 4) is 6.07 Å². The highest BCUT2D eigenvalue weighted by Crippen LogP contribution is 2.48. The molecule has 1 N–H and O–H groups in total. The molecule has 0 spiro atoms. The standard InChI is InChI=1S/C21H22N2OS/c1-2-13-8-9-15-18(12-22)21(25-19(15)10-13)23-20(24)17-11-16(17)14-6-4-3-5-7-14/h3-7,13,16-17H,2,8-11H2,1H3,(H,23,24)/t13-,16-,17-/m1/s1. The van der Waals surface area contributed by atoms with Crippen LogP contribution in [-0.4, -0.2) is 5.91 Å². The van der Waals surface area contributed by atoms with Crippen LogP contribution in [-0.2, 0) is 17.6 Å². The molecule has 0 radical (unpaired) electrons. The molecule has 25 heavy (non-hydrogen) atoms. The number of carbonyl (C=O) groups is 1. The summed E-state index contributed by atoms with van der Waals surface area (Å²) >= 11 is 1.62. The van der Waals surface area contributed by atoms with E-state index in [1.807, 2.05) is 18.2 Å². The molecule has 2 aliphatic carbocycles. The number of rotatable bonds is 4. The molecule has 2 aromatic rings. The average molecular weight is 350 g/mol. The first-order valence-electron chi connectivity index (χ1n) is 9.11. The number of hydrogen-bond acceptors (Lipinski definition) is 3. The van der Waals surface area contributed by atoms with Gasteiger partial charge in [-0.15, -0.1) is 11.3 Å². The summed E-state index contributed by atoms with van der Waals surface area (Å²) in [5, 5.41) is 13.4. The Labute approximate surface area is 152 Å². The Morgan fingerprint density at radius 3 is 2.88 bits per heavy atom. The van der Waals surface area contributed by atoms with Crippen molar-refractivity contribution in [1.29, 1.82) is 5.26 Å². The van der Waals surface area contributed by atoms with Gasteiger partial charge in [0.1, 0.15) is 11.1 Å². The second-order valence-corrected chi connectivity index (χ2v) is 8.29. The summed E-state index contributed by atoms with van der Waals surface area (Å²) in [5.74, 6) is 1.14. The van der Waals surface area contributed by atoms with Gasteiger partial charge in [0.15, 0.2) is 0 Å². The number of carbonyl (C=O) groups excluding carboxylic acids is 1. The number of amides is 1. The monoisotopic (exact) mass is 350 g/mol. The van der Waals surface area contributed by atoms with Crippen LogP contribution in [0.2, 0.25) is 0 Å². The summed E-state index contributed by atoms with van der Waals surface area (Å²) in [7, 11) is 0. The van der Waals surface area contributed by atoms with Crippen LogP contribution in [0.1, 0.15) is 53.7 Å². The Kier molecular flexibility index (Phi) is 4.35. The molecule has 4 rings (SSSR count). The fourth-order valence-corrected chi connectivity index (χ4v) is 5.28. The van der Waals surface area contributed by atoms with Gasteiger partial charge in [-0.1, -0.05) is 43.7 Å².